The van der Waals surface area contributed by atoms with Crippen molar-refractivity contribution >= 4 is 17.3 Å². The van der Waals surface area contributed by atoms with Crippen LogP contribution in [0.15, 0.2) is 42.7 Å². The normalized spacial score (nSPS) is 11.2. The number of nitrogens with one attached hydrogen (secondary N) is 1. The van der Waals surface area contributed by atoms with Crippen molar-refractivity contribution in [3.05, 3.63) is 48.4 Å². The number of likely N-dealkylation sites (N-methyl/N-ethyl adjacent to an activating group) is 2. The van der Waals surface area contributed by atoms with Gasteiger partial charge in [0.2, 0.25) is 11.8 Å². The monoisotopic (exact) mass is 428 g/mol. The van der Waals surface area contributed by atoms with Crippen molar-refractivity contribution in [2.24, 2.45) is 5.84 Å². The van der Waals surface area contributed by atoms with Gasteiger partial charge in [-0.15, -0.1) is 0 Å². The summed E-state index contributed by atoms with van der Waals surface area (Å²) in [6.07, 6.45) is 5.23. The van der Waals surface area contributed by atoms with Crippen molar-refractivity contribution in [1.82, 2.24) is 20.2 Å². The van der Waals surface area contributed by atoms with Crippen molar-refractivity contribution in [1.29, 1.82) is 0 Å². The number of carbonyl (C=O) groups excluding carboxylic acids is 1. The number of amides is 1. The average Bonchev–Trinajstić information content (AvgIpc) is 2.80. The van der Waals surface area contributed by atoms with E-state index in [-0.39, 0.29) is 12.3 Å². The first kappa shape index (κ1) is 24.1. The maximum atomic E-state index is 12.7. The van der Waals surface area contributed by atoms with E-state index < -0.39 is 0 Å². The highest BCUT2D eigenvalue weighted by Crippen LogP contribution is 2.25. The van der Waals surface area contributed by atoms with Gasteiger partial charge in [-0.1, -0.05) is 0 Å². The Morgan fingerprint density at radius 2 is 2.06 bits per heavy atom. The fraction of sp³-hybridized carbons (Fsp3) is 0.409. The van der Waals surface area contributed by atoms with Gasteiger partial charge in [0.1, 0.15) is 5.75 Å². The molecule has 9 heteroatoms. The van der Waals surface area contributed by atoms with Gasteiger partial charge in [0, 0.05) is 44.4 Å². The Kier molecular flexibility index (Phi) is 9.73. The molecule has 0 bridgehead atoms. The van der Waals surface area contributed by atoms with Gasteiger partial charge in [0.25, 0.3) is 0 Å². The Balaban J connectivity index is 2.35. The molecular formula is C22H32N6O3. The molecule has 2 aromatic rings. The lowest BCUT2D eigenvalue weighted by Gasteiger charge is -2.23. The zero-order valence-electron chi connectivity index (χ0n) is 18.7. The topological polar surface area (TPSA) is 106 Å². The third-order valence-electron chi connectivity index (χ3n) is 4.61. The van der Waals surface area contributed by atoms with E-state index in [4.69, 9.17) is 15.3 Å². The Hall–Kier alpha value is -3.17. The highest BCUT2D eigenvalue weighted by Gasteiger charge is 2.16. The van der Waals surface area contributed by atoms with Crippen LogP contribution in [0, 0.1) is 0 Å². The lowest BCUT2D eigenvalue weighted by molar-refractivity contribution is -0.130. The summed E-state index contributed by atoms with van der Waals surface area (Å²) < 4.78 is 10.7. The number of ether oxygens (including phenoxy) is 2. The number of hydrogen-bond acceptors (Lipinski definition) is 8. The highest BCUT2D eigenvalue weighted by atomic mass is 16.5. The van der Waals surface area contributed by atoms with Crippen LogP contribution in [0.1, 0.15) is 26.0 Å². The SMILES string of the molecule is CCOc1ccnc(/C(=C/CC(=O)N(CC)CCNC)N(N)c2ccc(OC)nc2)c1. The molecule has 0 aliphatic heterocycles. The predicted molar refractivity (Wildman–Crippen MR) is 122 cm³/mol. The second-order valence-corrected chi connectivity index (χ2v) is 6.61. The zero-order valence-corrected chi connectivity index (χ0v) is 18.7. The summed E-state index contributed by atoms with van der Waals surface area (Å²) in [7, 11) is 3.42. The Morgan fingerprint density at radius 1 is 1.26 bits per heavy atom. The van der Waals surface area contributed by atoms with Crippen LogP contribution in [0.5, 0.6) is 11.6 Å². The maximum Gasteiger partial charge on any atom is 0.226 e. The number of hydrogen-bond donors (Lipinski definition) is 2. The van der Waals surface area contributed by atoms with Gasteiger partial charge in [-0.2, -0.15) is 0 Å². The number of aromatic nitrogens is 2. The van der Waals surface area contributed by atoms with Crippen LogP contribution in [0.4, 0.5) is 5.69 Å². The number of nitrogens with two attached hydrogens (primary N) is 1. The molecule has 2 aromatic heterocycles. The molecule has 0 saturated carbocycles. The van der Waals surface area contributed by atoms with E-state index in [1.165, 1.54) is 5.01 Å². The molecule has 0 radical (unpaired) electrons. The minimum Gasteiger partial charge on any atom is -0.494 e. The summed E-state index contributed by atoms with van der Waals surface area (Å²) in [5.74, 6) is 7.60. The summed E-state index contributed by atoms with van der Waals surface area (Å²) in [6.45, 7) is 6.42. The van der Waals surface area contributed by atoms with Gasteiger partial charge in [0.15, 0.2) is 0 Å². The number of pyridine rings is 2. The van der Waals surface area contributed by atoms with E-state index in [2.05, 4.69) is 15.3 Å². The third-order valence-corrected chi connectivity index (χ3v) is 4.61. The Labute approximate surface area is 183 Å². The van der Waals surface area contributed by atoms with Crippen molar-refractivity contribution in [2.75, 3.05) is 45.4 Å². The number of methoxy groups -OCH3 is 1. The lowest BCUT2D eigenvalue weighted by Crippen LogP contribution is -2.36. The Bertz CT molecular complexity index is 857. The first-order valence-corrected chi connectivity index (χ1v) is 10.3. The number of rotatable bonds is 12. The average molecular weight is 429 g/mol. The van der Waals surface area contributed by atoms with Crippen molar-refractivity contribution in [2.45, 2.75) is 20.3 Å². The molecule has 0 spiro atoms. The molecule has 0 unspecified atom stereocenters. The number of nitrogens with zero attached hydrogens (tertiary/aromatic N) is 4. The lowest BCUT2D eigenvalue weighted by atomic mass is 10.2. The van der Waals surface area contributed by atoms with E-state index in [0.717, 1.165) is 6.54 Å². The standard InChI is InChI=1S/C22H32N6O3/c1-5-27(14-13-24-3)22(29)10-8-20(19-15-18(31-6-2)11-12-25-19)28(23)17-7-9-21(30-4)26-16-17/h7-9,11-12,15-16,24H,5-6,10,13-14,23H2,1-4H3/b20-8-. The van der Waals surface area contributed by atoms with Crippen LogP contribution in [-0.4, -0.2) is 61.2 Å². The van der Waals surface area contributed by atoms with E-state index in [0.29, 0.717) is 48.4 Å². The molecule has 0 aromatic carbocycles. The number of hydrazine groups is 1. The van der Waals surface area contributed by atoms with Gasteiger partial charge in [-0.25, -0.2) is 10.8 Å². The smallest absolute Gasteiger partial charge is 0.226 e. The molecule has 2 rings (SSSR count). The fourth-order valence-corrected chi connectivity index (χ4v) is 2.93. The molecular weight excluding hydrogens is 396 g/mol. The van der Waals surface area contributed by atoms with Gasteiger partial charge in [-0.05, 0) is 39.1 Å². The second kappa shape index (κ2) is 12.5. The van der Waals surface area contributed by atoms with Crippen molar-refractivity contribution < 1.29 is 14.3 Å². The summed E-state index contributed by atoms with van der Waals surface area (Å²) in [6, 6.07) is 7.09. The van der Waals surface area contributed by atoms with Crippen molar-refractivity contribution in [3.8, 4) is 11.6 Å². The summed E-state index contributed by atoms with van der Waals surface area (Å²) >= 11 is 0. The molecule has 0 aliphatic rings. The molecule has 31 heavy (non-hydrogen) atoms. The van der Waals surface area contributed by atoms with Crippen LogP contribution >= 0.6 is 0 Å². The Morgan fingerprint density at radius 3 is 2.68 bits per heavy atom. The molecule has 0 aliphatic carbocycles. The summed E-state index contributed by atoms with van der Waals surface area (Å²) in [5.41, 5.74) is 1.80. The van der Waals surface area contributed by atoms with Crippen LogP contribution in [-0.2, 0) is 4.79 Å². The third kappa shape index (κ3) is 6.94. The van der Waals surface area contributed by atoms with Gasteiger partial charge < -0.3 is 19.7 Å². The molecule has 9 nitrogen and oxygen atoms in total. The van der Waals surface area contributed by atoms with Crippen LogP contribution < -0.4 is 25.6 Å². The van der Waals surface area contributed by atoms with Gasteiger partial charge in [0.05, 0.1) is 37.0 Å². The van der Waals surface area contributed by atoms with Crippen LogP contribution in [0.3, 0.4) is 0 Å². The van der Waals surface area contributed by atoms with Crippen molar-refractivity contribution in [3.63, 3.8) is 0 Å². The molecule has 0 fully saturated rings. The van der Waals surface area contributed by atoms with Gasteiger partial charge >= 0.3 is 0 Å². The zero-order chi connectivity index (χ0) is 22.6. The van der Waals surface area contributed by atoms with Crippen LogP contribution in [0.25, 0.3) is 5.70 Å². The molecule has 0 atom stereocenters. The van der Waals surface area contributed by atoms with E-state index in [9.17, 15) is 4.79 Å². The second-order valence-electron chi connectivity index (χ2n) is 6.61. The minimum atomic E-state index is 0.0115. The largest absolute Gasteiger partial charge is 0.494 e. The minimum absolute atomic E-state index is 0.0115. The van der Waals surface area contributed by atoms with E-state index >= 15 is 0 Å². The summed E-state index contributed by atoms with van der Waals surface area (Å²) in [4.78, 5) is 23.2. The van der Waals surface area contributed by atoms with Gasteiger partial charge in [-0.3, -0.25) is 14.8 Å². The molecule has 168 valence electrons. The summed E-state index contributed by atoms with van der Waals surface area (Å²) in [5, 5.41) is 4.53. The highest BCUT2D eigenvalue weighted by molar-refractivity contribution is 5.83. The first-order valence-electron chi connectivity index (χ1n) is 10.3. The molecule has 2 heterocycles. The van der Waals surface area contributed by atoms with Crippen LogP contribution in [0.2, 0.25) is 0 Å². The predicted octanol–water partition coefficient (Wildman–Crippen LogP) is 2.06. The quantitative estimate of drug-likeness (QED) is 0.391. The molecule has 1 amide bonds. The maximum absolute atomic E-state index is 12.7. The molecule has 3 N–H and O–H groups in total. The number of carbonyl (C=O) groups is 1. The fourth-order valence-electron chi connectivity index (χ4n) is 2.93. The van der Waals surface area contributed by atoms with E-state index in [1.807, 2.05) is 20.9 Å². The first-order chi connectivity index (χ1) is 15.0. The number of anilines is 1. The van der Waals surface area contributed by atoms with E-state index in [1.54, 1.807) is 54.7 Å². The molecule has 0 saturated heterocycles.